The van der Waals surface area contributed by atoms with Crippen molar-refractivity contribution in [3.05, 3.63) is 15.3 Å². The third kappa shape index (κ3) is 1.73. The summed E-state index contributed by atoms with van der Waals surface area (Å²) in [5.74, 6) is 0.585. The average Bonchev–Trinajstić information content (AvgIpc) is 2.31. The monoisotopic (exact) mass is 190 g/mol. The summed E-state index contributed by atoms with van der Waals surface area (Å²) in [6, 6.07) is 1.65. The van der Waals surface area contributed by atoms with Gasteiger partial charge in [0.25, 0.3) is 0 Å². The Morgan fingerprint density at radius 2 is 2.36 bits per heavy atom. The zero-order chi connectivity index (χ0) is 8.43. The quantitative estimate of drug-likeness (QED) is 0.671. The lowest BCUT2D eigenvalue weighted by molar-refractivity contribution is 0.102. The molecule has 11 heavy (non-hydrogen) atoms. The van der Waals surface area contributed by atoms with Gasteiger partial charge in [-0.1, -0.05) is 11.6 Å². The molecule has 0 saturated carbocycles. The van der Waals surface area contributed by atoms with E-state index in [1.54, 1.807) is 6.07 Å². The Morgan fingerprint density at radius 1 is 1.73 bits per heavy atom. The number of halogens is 1. The lowest BCUT2D eigenvalue weighted by Gasteiger charge is -1.91. The predicted octanol–water partition coefficient (Wildman–Crippen LogP) is 2.61. The summed E-state index contributed by atoms with van der Waals surface area (Å²) in [6.07, 6.45) is 0. The summed E-state index contributed by atoms with van der Waals surface area (Å²) >= 11 is 6.97. The Labute approximate surface area is 73.7 Å². The van der Waals surface area contributed by atoms with Gasteiger partial charge in [0.2, 0.25) is 0 Å². The number of ether oxygens (including phenoxy) is 1. The minimum Gasteiger partial charge on any atom is -0.494 e. The molecule has 0 saturated heterocycles. The fourth-order valence-electron chi connectivity index (χ4n) is 0.665. The van der Waals surface area contributed by atoms with Crippen LogP contribution in [0.25, 0.3) is 0 Å². The molecule has 0 amide bonds. The van der Waals surface area contributed by atoms with E-state index in [0.29, 0.717) is 15.0 Å². The van der Waals surface area contributed by atoms with Gasteiger partial charge in [-0.2, -0.15) is 0 Å². The van der Waals surface area contributed by atoms with Gasteiger partial charge in [0, 0.05) is 6.07 Å². The Bertz CT molecular complexity index is 280. The number of hydrogen-bond acceptors (Lipinski definition) is 3. The highest BCUT2D eigenvalue weighted by atomic mass is 35.5. The maximum absolute atomic E-state index is 10.8. The van der Waals surface area contributed by atoms with Crippen molar-refractivity contribution in [2.24, 2.45) is 0 Å². The Morgan fingerprint density at radius 3 is 2.64 bits per heavy atom. The molecule has 60 valence electrons. The molecule has 0 aliphatic rings. The average molecular weight is 191 g/mol. The molecule has 0 aromatic carbocycles. The molecule has 0 fully saturated rings. The molecular weight excluding hydrogens is 184 g/mol. The fourth-order valence-corrected chi connectivity index (χ4v) is 1.79. The molecule has 2 nitrogen and oxygen atoms in total. The molecule has 0 aliphatic heterocycles. The van der Waals surface area contributed by atoms with E-state index in [-0.39, 0.29) is 5.78 Å². The Balaban J connectivity index is 3.05. The molecule has 1 heterocycles. The SMILES string of the molecule is COc1cc(C(C)=O)sc1Cl. The molecule has 1 aromatic rings. The van der Waals surface area contributed by atoms with Crippen molar-refractivity contribution >= 4 is 28.7 Å². The van der Waals surface area contributed by atoms with Crippen molar-refractivity contribution < 1.29 is 9.53 Å². The van der Waals surface area contributed by atoms with Crippen molar-refractivity contribution in [3.8, 4) is 5.75 Å². The summed E-state index contributed by atoms with van der Waals surface area (Å²) in [7, 11) is 1.53. The van der Waals surface area contributed by atoms with Gasteiger partial charge in [-0.3, -0.25) is 4.79 Å². The minimum atomic E-state index is 0.0141. The molecule has 0 N–H and O–H groups in total. The second-order valence-electron chi connectivity index (χ2n) is 2.01. The van der Waals surface area contributed by atoms with Gasteiger partial charge in [-0.05, 0) is 6.92 Å². The van der Waals surface area contributed by atoms with Crippen molar-refractivity contribution in [3.63, 3.8) is 0 Å². The van der Waals surface area contributed by atoms with Crippen molar-refractivity contribution in [1.82, 2.24) is 0 Å². The van der Waals surface area contributed by atoms with E-state index < -0.39 is 0 Å². The first-order chi connectivity index (χ1) is 5.15. The molecule has 0 spiro atoms. The van der Waals surface area contributed by atoms with Gasteiger partial charge in [-0.25, -0.2) is 0 Å². The number of methoxy groups -OCH3 is 1. The first kappa shape index (κ1) is 8.56. The number of ketones is 1. The van der Waals surface area contributed by atoms with E-state index >= 15 is 0 Å². The summed E-state index contributed by atoms with van der Waals surface area (Å²) in [6.45, 7) is 1.50. The van der Waals surface area contributed by atoms with E-state index in [9.17, 15) is 4.79 Å². The van der Waals surface area contributed by atoms with Crippen LogP contribution in [0.1, 0.15) is 16.6 Å². The Kier molecular flexibility index (Phi) is 2.52. The smallest absolute Gasteiger partial charge is 0.169 e. The van der Waals surface area contributed by atoms with Gasteiger partial charge in [-0.15, -0.1) is 11.3 Å². The standard InChI is InChI=1S/C7H7ClO2S/c1-4(9)6-3-5(10-2)7(8)11-6/h3H,1-2H3. The van der Waals surface area contributed by atoms with Crippen LogP contribution in [0.2, 0.25) is 4.34 Å². The van der Waals surface area contributed by atoms with E-state index in [1.165, 1.54) is 25.4 Å². The lowest BCUT2D eigenvalue weighted by atomic mass is 10.3. The highest BCUT2D eigenvalue weighted by Crippen LogP contribution is 2.33. The lowest BCUT2D eigenvalue weighted by Crippen LogP contribution is -1.84. The largest absolute Gasteiger partial charge is 0.494 e. The van der Waals surface area contributed by atoms with E-state index in [1.807, 2.05) is 0 Å². The zero-order valence-corrected chi connectivity index (χ0v) is 7.75. The first-order valence-corrected chi connectivity index (χ1v) is 4.19. The third-order valence-corrected chi connectivity index (χ3v) is 2.65. The van der Waals surface area contributed by atoms with Crippen LogP contribution in [0.3, 0.4) is 0 Å². The van der Waals surface area contributed by atoms with Crippen LogP contribution in [0, 0.1) is 0 Å². The van der Waals surface area contributed by atoms with Gasteiger partial charge in [0.15, 0.2) is 5.78 Å². The maximum atomic E-state index is 10.8. The summed E-state index contributed by atoms with van der Waals surface area (Å²) in [5.41, 5.74) is 0. The van der Waals surface area contributed by atoms with Crippen molar-refractivity contribution in [2.75, 3.05) is 7.11 Å². The maximum Gasteiger partial charge on any atom is 0.169 e. The molecule has 1 rings (SSSR count). The fraction of sp³-hybridized carbons (Fsp3) is 0.286. The zero-order valence-electron chi connectivity index (χ0n) is 6.18. The van der Waals surface area contributed by atoms with Crippen LogP contribution in [0.15, 0.2) is 6.07 Å². The molecule has 0 radical (unpaired) electrons. The van der Waals surface area contributed by atoms with Gasteiger partial charge >= 0.3 is 0 Å². The molecule has 1 aromatic heterocycles. The van der Waals surface area contributed by atoms with Crippen molar-refractivity contribution in [2.45, 2.75) is 6.92 Å². The number of hydrogen-bond donors (Lipinski definition) is 0. The predicted molar refractivity (Wildman–Crippen MR) is 45.9 cm³/mol. The van der Waals surface area contributed by atoms with Crippen LogP contribution in [0.4, 0.5) is 0 Å². The molecular formula is C7H7ClO2S. The first-order valence-electron chi connectivity index (χ1n) is 2.99. The summed E-state index contributed by atoms with van der Waals surface area (Å²) < 4.78 is 5.43. The second-order valence-corrected chi connectivity index (χ2v) is 3.66. The third-order valence-electron chi connectivity index (χ3n) is 1.22. The normalized spacial score (nSPS) is 9.73. The van der Waals surface area contributed by atoms with Crippen LogP contribution >= 0.6 is 22.9 Å². The van der Waals surface area contributed by atoms with Gasteiger partial charge in [0.05, 0.1) is 12.0 Å². The molecule has 0 atom stereocenters. The molecule has 0 unspecified atom stereocenters. The molecule has 0 bridgehead atoms. The summed E-state index contributed by atoms with van der Waals surface area (Å²) in [4.78, 5) is 11.5. The van der Waals surface area contributed by atoms with E-state index in [0.717, 1.165) is 0 Å². The van der Waals surface area contributed by atoms with Gasteiger partial charge in [0.1, 0.15) is 10.1 Å². The number of carbonyl (C=O) groups excluding carboxylic acids is 1. The van der Waals surface area contributed by atoms with Crippen LogP contribution < -0.4 is 4.74 Å². The van der Waals surface area contributed by atoms with Crippen LogP contribution in [0.5, 0.6) is 5.75 Å². The van der Waals surface area contributed by atoms with E-state index in [2.05, 4.69) is 0 Å². The van der Waals surface area contributed by atoms with E-state index in [4.69, 9.17) is 16.3 Å². The molecule has 0 aliphatic carbocycles. The highest BCUT2D eigenvalue weighted by Gasteiger charge is 2.09. The van der Waals surface area contributed by atoms with Crippen LogP contribution in [-0.4, -0.2) is 12.9 Å². The second kappa shape index (κ2) is 3.24. The van der Waals surface area contributed by atoms with Gasteiger partial charge < -0.3 is 4.74 Å². The number of Topliss-reactive ketones (excluding diaryl/α,β-unsaturated/α-hetero) is 1. The topological polar surface area (TPSA) is 26.3 Å². The highest BCUT2D eigenvalue weighted by molar-refractivity contribution is 7.18. The summed E-state index contributed by atoms with van der Waals surface area (Å²) in [5, 5.41) is 0. The van der Waals surface area contributed by atoms with Crippen molar-refractivity contribution in [1.29, 1.82) is 0 Å². The number of carbonyl (C=O) groups is 1. The van der Waals surface area contributed by atoms with Crippen LogP contribution in [-0.2, 0) is 0 Å². The number of thiophene rings is 1. The minimum absolute atomic E-state index is 0.0141. The number of rotatable bonds is 2. The Hall–Kier alpha value is -0.540. The molecule has 4 heteroatoms.